The van der Waals surface area contributed by atoms with Gasteiger partial charge in [-0.2, -0.15) is 0 Å². The van der Waals surface area contributed by atoms with E-state index in [0.717, 1.165) is 18.4 Å². The van der Waals surface area contributed by atoms with Crippen molar-refractivity contribution in [1.29, 1.82) is 0 Å². The van der Waals surface area contributed by atoms with E-state index in [-0.39, 0.29) is 12.6 Å². The Morgan fingerprint density at radius 3 is 2.26 bits per heavy atom. The standard InChI is InChI=1S/C21H30O2/c1-2-3-4-5-6-7-8-9-10-11-15-18-23-21(22)19-20-16-13-12-14-17-20/h12-14,16-17H,2-10,18-19H2,1H3. The molecule has 0 aliphatic rings. The summed E-state index contributed by atoms with van der Waals surface area (Å²) in [7, 11) is 0. The smallest absolute Gasteiger partial charge is 0.311 e. The van der Waals surface area contributed by atoms with Crippen LogP contribution in [0.3, 0.4) is 0 Å². The summed E-state index contributed by atoms with van der Waals surface area (Å²) in [5.74, 6) is 5.81. The molecule has 0 radical (unpaired) electrons. The van der Waals surface area contributed by atoms with Gasteiger partial charge in [0.1, 0.15) is 0 Å². The molecular formula is C21H30O2. The maximum absolute atomic E-state index is 11.6. The molecule has 126 valence electrons. The first kappa shape index (κ1) is 19.3. The molecule has 1 aromatic carbocycles. The third kappa shape index (κ3) is 11.5. The number of unbranched alkanes of at least 4 members (excludes halogenated alkanes) is 8. The van der Waals surface area contributed by atoms with Crippen molar-refractivity contribution in [3.8, 4) is 11.8 Å². The largest absolute Gasteiger partial charge is 0.452 e. The molecule has 0 atom stereocenters. The van der Waals surface area contributed by atoms with Crippen LogP contribution in [0.5, 0.6) is 0 Å². The van der Waals surface area contributed by atoms with Crippen molar-refractivity contribution in [3.63, 3.8) is 0 Å². The summed E-state index contributed by atoms with van der Waals surface area (Å²) in [5, 5.41) is 0. The van der Waals surface area contributed by atoms with Gasteiger partial charge in [-0.1, -0.05) is 94.0 Å². The predicted octanol–water partition coefficient (Wildman–Crippen LogP) is 5.31. The molecule has 2 nitrogen and oxygen atoms in total. The highest BCUT2D eigenvalue weighted by atomic mass is 16.5. The molecule has 1 aromatic rings. The molecule has 0 bridgehead atoms. The Morgan fingerprint density at radius 2 is 1.57 bits per heavy atom. The fraction of sp³-hybridized carbons (Fsp3) is 0.571. The van der Waals surface area contributed by atoms with E-state index in [0.29, 0.717) is 6.42 Å². The summed E-state index contributed by atoms with van der Waals surface area (Å²) in [6, 6.07) is 9.63. The zero-order chi connectivity index (χ0) is 16.6. The van der Waals surface area contributed by atoms with Gasteiger partial charge in [0.05, 0.1) is 6.42 Å². The van der Waals surface area contributed by atoms with E-state index in [9.17, 15) is 4.79 Å². The van der Waals surface area contributed by atoms with E-state index < -0.39 is 0 Å². The van der Waals surface area contributed by atoms with Crippen molar-refractivity contribution < 1.29 is 9.53 Å². The van der Waals surface area contributed by atoms with Gasteiger partial charge in [0.15, 0.2) is 6.61 Å². The summed E-state index contributed by atoms with van der Waals surface area (Å²) in [5.41, 5.74) is 0.976. The summed E-state index contributed by atoms with van der Waals surface area (Å²) >= 11 is 0. The van der Waals surface area contributed by atoms with Crippen LogP contribution in [0.25, 0.3) is 0 Å². The number of carbonyl (C=O) groups is 1. The predicted molar refractivity (Wildman–Crippen MR) is 96.1 cm³/mol. The lowest BCUT2D eigenvalue weighted by molar-refractivity contribution is -0.141. The molecule has 0 aliphatic carbocycles. The van der Waals surface area contributed by atoms with E-state index in [1.807, 2.05) is 30.3 Å². The molecule has 0 saturated heterocycles. The maximum Gasteiger partial charge on any atom is 0.311 e. The monoisotopic (exact) mass is 314 g/mol. The van der Waals surface area contributed by atoms with Crippen molar-refractivity contribution in [3.05, 3.63) is 35.9 Å². The summed E-state index contributed by atoms with van der Waals surface area (Å²) < 4.78 is 5.12. The Bertz CT molecular complexity index is 468. The molecule has 0 N–H and O–H groups in total. The topological polar surface area (TPSA) is 26.3 Å². The second-order valence-corrected chi connectivity index (χ2v) is 5.90. The number of esters is 1. The Balaban J connectivity index is 1.94. The lowest BCUT2D eigenvalue weighted by Gasteiger charge is -2.00. The first-order valence-corrected chi connectivity index (χ1v) is 8.98. The number of ether oxygens (including phenoxy) is 1. The molecule has 2 heteroatoms. The van der Waals surface area contributed by atoms with Crippen LogP contribution < -0.4 is 0 Å². The fourth-order valence-electron chi connectivity index (χ4n) is 2.42. The summed E-state index contributed by atoms with van der Waals surface area (Å²) in [4.78, 5) is 11.6. The first-order valence-electron chi connectivity index (χ1n) is 8.98. The molecule has 1 rings (SSSR count). The molecule has 0 saturated carbocycles. The van der Waals surface area contributed by atoms with Gasteiger partial charge in [0, 0.05) is 6.42 Å². The fourth-order valence-corrected chi connectivity index (χ4v) is 2.42. The van der Waals surface area contributed by atoms with Gasteiger partial charge in [0.2, 0.25) is 0 Å². The van der Waals surface area contributed by atoms with Crippen LogP contribution in [0.15, 0.2) is 30.3 Å². The molecule has 0 aliphatic heterocycles. The van der Waals surface area contributed by atoms with Crippen LogP contribution in [0, 0.1) is 11.8 Å². The zero-order valence-corrected chi connectivity index (χ0v) is 14.5. The minimum Gasteiger partial charge on any atom is -0.452 e. The Hall–Kier alpha value is -1.75. The van der Waals surface area contributed by atoms with E-state index >= 15 is 0 Å². The van der Waals surface area contributed by atoms with E-state index in [2.05, 4.69) is 18.8 Å². The molecule has 23 heavy (non-hydrogen) atoms. The second kappa shape index (κ2) is 13.9. The third-order valence-corrected chi connectivity index (χ3v) is 3.78. The van der Waals surface area contributed by atoms with Gasteiger partial charge in [-0.3, -0.25) is 4.79 Å². The zero-order valence-electron chi connectivity index (χ0n) is 14.5. The lowest BCUT2D eigenvalue weighted by atomic mass is 10.1. The van der Waals surface area contributed by atoms with Gasteiger partial charge in [-0.05, 0) is 12.0 Å². The quantitative estimate of drug-likeness (QED) is 0.314. The molecule has 0 unspecified atom stereocenters. The Kier molecular flexibility index (Phi) is 11.6. The van der Waals surface area contributed by atoms with Gasteiger partial charge >= 0.3 is 5.97 Å². The van der Waals surface area contributed by atoms with Crippen LogP contribution in [0.2, 0.25) is 0 Å². The number of rotatable bonds is 11. The number of benzene rings is 1. The first-order chi connectivity index (χ1) is 11.3. The molecule has 0 amide bonds. The van der Waals surface area contributed by atoms with Crippen LogP contribution in [0.4, 0.5) is 0 Å². The summed E-state index contributed by atoms with van der Waals surface area (Å²) in [6.45, 7) is 2.46. The highest BCUT2D eigenvalue weighted by Crippen LogP contribution is 2.09. The average molecular weight is 314 g/mol. The van der Waals surface area contributed by atoms with Crippen molar-refractivity contribution in [1.82, 2.24) is 0 Å². The minimum atomic E-state index is -0.211. The van der Waals surface area contributed by atoms with E-state index in [1.54, 1.807) is 0 Å². The molecular weight excluding hydrogens is 284 g/mol. The van der Waals surface area contributed by atoms with E-state index in [1.165, 1.54) is 44.9 Å². The lowest BCUT2D eigenvalue weighted by Crippen LogP contribution is -2.07. The van der Waals surface area contributed by atoms with Gasteiger partial charge in [-0.15, -0.1) is 0 Å². The normalized spacial score (nSPS) is 9.96. The van der Waals surface area contributed by atoms with Crippen LogP contribution in [-0.2, 0) is 16.0 Å². The second-order valence-electron chi connectivity index (χ2n) is 5.90. The molecule has 0 heterocycles. The van der Waals surface area contributed by atoms with Crippen molar-refractivity contribution in [2.24, 2.45) is 0 Å². The van der Waals surface area contributed by atoms with Crippen molar-refractivity contribution in [2.75, 3.05) is 6.61 Å². The highest BCUT2D eigenvalue weighted by molar-refractivity contribution is 5.72. The summed E-state index contributed by atoms with van der Waals surface area (Å²) in [6.07, 6.45) is 11.7. The van der Waals surface area contributed by atoms with Crippen molar-refractivity contribution >= 4 is 5.97 Å². The average Bonchev–Trinajstić information content (AvgIpc) is 2.57. The van der Waals surface area contributed by atoms with Crippen LogP contribution >= 0.6 is 0 Å². The van der Waals surface area contributed by atoms with Gasteiger partial charge in [0.25, 0.3) is 0 Å². The van der Waals surface area contributed by atoms with Gasteiger partial charge in [-0.25, -0.2) is 0 Å². The number of hydrogen-bond acceptors (Lipinski definition) is 2. The van der Waals surface area contributed by atoms with Crippen molar-refractivity contribution in [2.45, 2.75) is 71.1 Å². The Morgan fingerprint density at radius 1 is 0.913 bits per heavy atom. The SMILES string of the molecule is CCCCCCCCCCC#CCOC(=O)Cc1ccccc1. The molecule has 0 fully saturated rings. The number of hydrogen-bond donors (Lipinski definition) is 0. The maximum atomic E-state index is 11.6. The minimum absolute atomic E-state index is 0.211. The highest BCUT2D eigenvalue weighted by Gasteiger charge is 2.02. The van der Waals surface area contributed by atoms with E-state index in [4.69, 9.17) is 4.74 Å². The van der Waals surface area contributed by atoms with Crippen LogP contribution in [-0.4, -0.2) is 12.6 Å². The molecule has 0 spiro atoms. The molecule has 0 aromatic heterocycles. The van der Waals surface area contributed by atoms with Crippen LogP contribution in [0.1, 0.15) is 70.3 Å². The third-order valence-electron chi connectivity index (χ3n) is 3.78. The van der Waals surface area contributed by atoms with Gasteiger partial charge < -0.3 is 4.74 Å². The number of carbonyl (C=O) groups excluding carboxylic acids is 1. The Labute approximate surface area is 141 Å².